The molecule has 2 fully saturated rings. The van der Waals surface area contributed by atoms with Gasteiger partial charge in [-0.15, -0.1) is 11.8 Å². The van der Waals surface area contributed by atoms with Gasteiger partial charge in [0.15, 0.2) is 0 Å². The number of hydrogen-bond acceptors (Lipinski definition) is 3. The maximum Gasteiger partial charge on any atom is 0.0441 e. The number of hydrogen-bond donors (Lipinski definition) is 0. The zero-order valence-electron chi connectivity index (χ0n) is 10.3. The van der Waals surface area contributed by atoms with Crippen molar-refractivity contribution in [1.82, 2.24) is 9.80 Å². The smallest absolute Gasteiger partial charge is 0.0441 e. The third-order valence-corrected chi connectivity index (χ3v) is 4.65. The van der Waals surface area contributed by atoms with Gasteiger partial charge in [-0.2, -0.15) is 0 Å². The van der Waals surface area contributed by atoms with Crippen LogP contribution in [0, 0.1) is 5.41 Å². The van der Waals surface area contributed by atoms with Gasteiger partial charge in [0.05, 0.1) is 0 Å². The summed E-state index contributed by atoms with van der Waals surface area (Å²) in [6, 6.07) is 0.735. The van der Waals surface area contributed by atoms with Gasteiger partial charge in [0.2, 0.25) is 0 Å². The third kappa shape index (κ3) is 2.51. The molecule has 2 saturated heterocycles. The summed E-state index contributed by atoms with van der Waals surface area (Å²) in [5.41, 5.74) is 0.653. The Morgan fingerprint density at radius 1 is 1.20 bits per heavy atom. The van der Waals surface area contributed by atoms with Crippen LogP contribution in [0.2, 0.25) is 0 Å². The van der Waals surface area contributed by atoms with E-state index in [0.29, 0.717) is 5.41 Å². The molecule has 0 aliphatic carbocycles. The topological polar surface area (TPSA) is 6.48 Å². The van der Waals surface area contributed by atoms with Crippen LogP contribution in [-0.2, 0) is 0 Å². The zero-order valence-corrected chi connectivity index (χ0v) is 11.1. The Morgan fingerprint density at radius 3 is 2.53 bits per heavy atom. The molecule has 1 spiro atoms. The minimum absolute atomic E-state index is 0.653. The van der Waals surface area contributed by atoms with Gasteiger partial charge in [0.25, 0.3) is 0 Å². The van der Waals surface area contributed by atoms with Crippen LogP contribution in [0.25, 0.3) is 0 Å². The summed E-state index contributed by atoms with van der Waals surface area (Å²) in [5.74, 6) is 1.23. The van der Waals surface area contributed by atoms with Crippen molar-refractivity contribution in [2.24, 2.45) is 5.41 Å². The molecule has 2 rings (SSSR count). The SMILES string of the molecule is CSCN1CCC2(CCN(C(C)C)C2)C1. The number of nitrogens with zero attached hydrogens (tertiary/aromatic N) is 2. The van der Waals surface area contributed by atoms with E-state index in [9.17, 15) is 0 Å². The van der Waals surface area contributed by atoms with Gasteiger partial charge in [0, 0.05) is 25.0 Å². The van der Waals surface area contributed by atoms with E-state index in [-0.39, 0.29) is 0 Å². The standard InChI is InChI=1S/C12H24N2S/c1-11(2)14-7-5-12(9-14)4-6-13(8-12)10-15-3/h11H,4-10H2,1-3H3. The van der Waals surface area contributed by atoms with E-state index in [2.05, 4.69) is 29.9 Å². The Morgan fingerprint density at radius 2 is 1.93 bits per heavy atom. The summed E-state index contributed by atoms with van der Waals surface area (Å²) < 4.78 is 0. The first kappa shape index (κ1) is 11.7. The van der Waals surface area contributed by atoms with E-state index in [1.165, 1.54) is 44.9 Å². The lowest BCUT2D eigenvalue weighted by atomic mass is 9.86. The molecule has 88 valence electrons. The van der Waals surface area contributed by atoms with Crippen LogP contribution in [0.15, 0.2) is 0 Å². The van der Waals surface area contributed by atoms with Gasteiger partial charge in [0.1, 0.15) is 0 Å². The van der Waals surface area contributed by atoms with E-state index in [0.717, 1.165) is 6.04 Å². The molecule has 3 heteroatoms. The van der Waals surface area contributed by atoms with Crippen LogP contribution in [0.3, 0.4) is 0 Å². The number of rotatable bonds is 3. The van der Waals surface area contributed by atoms with Crippen molar-refractivity contribution in [2.75, 3.05) is 38.3 Å². The largest absolute Gasteiger partial charge is 0.300 e. The Balaban J connectivity index is 1.89. The van der Waals surface area contributed by atoms with Crippen molar-refractivity contribution in [1.29, 1.82) is 0 Å². The van der Waals surface area contributed by atoms with Crippen LogP contribution in [0.5, 0.6) is 0 Å². The molecule has 1 unspecified atom stereocenters. The van der Waals surface area contributed by atoms with Gasteiger partial charge in [-0.25, -0.2) is 0 Å². The fourth-order valence-electron chi connectivity index (χ4n) is 3.06. The Hall–Kier alpha value is 0.270. The summed E-state index contributed by atoms with van der Waals surface area (Å²) >= 11 is 1.96. The lowest BCUT2D eigenvalue weighted by molar-refractivity contribution is 0.222. The summed E-state index contributed by atoms with van der Waals surface area (Å²) in [6.45, 7) is 9.99. The van der Waals surface area contributed by atoms with Gasteiger partial charge >= 0.3 is 0 Å². The predicted molar refractivity (Wildman–Crippen MR) is 68.3 cm³/mol. The van der Waals surface area contributed by atoms with E-state index < -0.39 is 0 Å². The molecule has 0 aromatic heterocycles. The van der Waals surface area contributed by atoms with Crippen LogP contribution >= 0.6 is 11.8 Å². The predicted octanol–water partition coefficient (Wildman–Crippen LogP) is 2.11. The molecule has 2 nitrogen and oxygen atoms in total. The molecule has 0 radical (unpaired) electrons. The molecule has 2 heterocycles. The number of thioether (sulfide) groups is 1. The van der Waals surface area contributed by atoms with Crippen LogP contribution in [0.1, 0.15) is 26.7 Å². The van der Waals surface area contributed by atoms with Crippen molar-refractivity contribution in [3.05, 3.63) is 0 Å². The minimum Gasteiger partial charge on any atom is -0.300 e. The molecular weight excluding hydrogens is 204 g/mol. The molecule has 2 aliphatic rings. The highest BCUT2D eigenvalue weighted by Crippen LogP contribution is 2.40. The van der Waals surface area contributed by atoms with Crippen LogP contribution < -0.4 is 0 Å². The van der Waals surface area contributed by atoms with Gasteiger partial charge in [-0.05, 0) is 51.4 Å². The lowest BCUT2D eigenvalue weighted by Gasteiger charge is -2.26. The van der Waals surface area contributed by atoms with Crippen molar-refractivity contribution < 1.29 is 0 Å². The summed E-state index contributed by atoms with van der Waals surface area (Å²) in [5, 5.41) is 0. The maximum absolute atomic E-state index is 2.66. The molecular formula is C12H24N2S. The molecule has 0 bridgehead atoms. The van der Waals surface area contributed by atoms with Gasteiger partial charge in [-0.3, -0.25) is 4.90 Å². The molecule has 15 heavy (non-hydrogen) atoms. The van der Waals surface area contributed by atoms with Crippen molar-refractivity contribution in [3.63, 3.8) is 0 Å². The first-order valence-electron chi connectivity index (χ1n) is 6.11. The Kier molecular flexibility index (Phi) is 3.63. The molecule has 2 aliphatic heterocycles. The number of likely N-dealkylation sites (tertiary alicyclic amines) is 2. The highest BCUT2D eigenvalue weighted by Gasteiger charge is 2.43. The van der Waals surface area contributed by atoms with Crippen LogP contribution in [-0.4, -0.2) is 54.2 Å². The van der Waals surface area contributed by atoms with E-state index in [4.69, 9.17) is 0 Å². The first-order chi connectivity index (χ1) is 7.15. The molecule has 0 aromatic carbocycles. The normalized spacial score (nSPS) is 33.6. The minimum atomic E-state index is 0.653. The van der Waals surface area contributed by atoms with E-state index >= 15 is 0 Å². The molecule has 1 atom stereocenters. The van der Waals surface area contributed by atoms with E-state index in [1.807, 2.05) is 11.8 Å². The van der Waals surface area contributed by atoms with Crippen molar-refractivity contribution in [3.8, 4) is 0 Å². The summed E-state index contributed by atoms with van der Waals surface area (Å²) in [4.78, 5) is 5.29. The monoisotopic (exact) mass is 228 g/mol. The summed E-state index contributed by atoms with van der Waals surface area (Å²) in [7, 11) is 0. The van der Waals surface area contributed by atoms with Crippen LogP contribution in [0.4, 0.5) is 0 Å². The highest BCUT2D eigenvalue weighted by atomic mass is 32.2. The van der Waals surface area contributed by atoms with Crippen molar-refractivity contribution in [2.45, 2.75) is 32.7 Å². The average Bonchev–Trinajstić information content (AvgIpc) is 2.76. The highest BCUT2D eigenvalue weighted by molar-refractivity contribution is 7.98. The quantitative estimate of drug-likeness (QED) is 0.730. The van der Waals surface area contributed by atoms with Crippen molar-refractivity contribution >= 4 is 11.8 Å². The first-order valence-corrected chi connectivity index (χ1v) is 7.50. The third-order valence-electron chi connectivity index (χ3n) is 4.03. The second-order valence-corrected chi connectivity index (χ2v) is 6.37. The molecule has 0 amide bonds. The fraction of sp³-hybridized carbons (Fsp3) is 1.00. The average molecular weight is 228 g/mol. The van der Waals surface area contributed by atoms with Gasteiger partial charge < -0.3 is 4.90 Å². The second kappa shape index (κ2) is 4.64. The molecule has 0 N–H and O–H groups in total. The molecule has 0 aromatic rings. The second-order valence-electron chi connectivity index (χ2n) is 5.53. The zero-order chi connectivity index (χ0) is 10.9. The summed E-state index contributed by atoms with van der Waals surface area (Å²) in [6.07, 6.45) is 5.06. The lowest BCUT2D eigenvalue weighted by Crippen LogP contribution is -2.33. The van der Waals surface area contributed by atoms with Gasteiger partial charge in [-0.1, -0.05) is 0 Å². The maximum atomic E-state index is 2.66. The Bertz CT molecular complexity index is 220. The molecule has 0 saturated carbocycles. The fourth-order valence-corrected chi connectivity index (χ4v) is 3.65. The van der Waals surface area contributed by atoms with E-state index in [1.54, 1.807) is 0 Å². The Labute approximate surface area is 98.4 Å².